The van der Waals surface area contributed by atoms with Crippen LogP contribution in [0.1, 0.15) is 16.1 Å². The van der Waals surface area contributed by atoms with E-state index in [4.69, 9.17) is 11.6 Å². The summed E-state index contributed by atoms with van der Waals surface area (Å²) < 4.78 is 0. The van der Waals surface area contributed by atoms with Gasteiger partial charge in [0.15, 0.2) is 0 Å². The van der Waals surface area contributed by atoms with Gasteiger partial charge in [-0.2, -0.15) is 0 Å². The Balaban J connectivity index is 1.70. The fourth-order valence-corrected chi connectivity index (χ4v) is 3.64. The van der Waals surface area contributed by atoms with Crippen LogP contribution in [0.3, 0.4) is 0 Å². The first-order chi connectivity index (χ1) is 11.7. The van der Waals surface area contributed by atoms with Gasteiger partial charge in [0.2, 0.25) is 0 Å². The highest BCUT2D eigenvalue weighted by Crippen LogP contribution is 2.38. The zero-order chi connectivity index (χ0) is 16.5. The molecule has 1 aliphatic rings. The van der Waals surface area contributed by atoms with Crippen molar-refractivity contribution in [2.45, 2.75) is 0 Å². The van der Waals surface area contributed by atoms with E-state index in [9.17, 15) is 4.79 Å². The molecule has 4 nitrogen and oxygen atoms in total. The van der Waals surface area contributed by atoms with Crippen LogP contribution in [0.5, 0.6) is 0 Å². The van der Waals surface area contributed by atoms with Crippen LogP contribution < -0.4 is 10.6 Å². The lowest BCUT2D eigenvalue weighted by molar-refractivity contribution is 0.0965. The number of halogens is 1. The second-order valence-corrected chi connectivity index (χ2v) is 6.57. The summed E-state index contributed by atoms with van der Waals surface area (Å²) >= 11 is 7.44. The number of benzene rings is 1. The van der Waals surface area contributed by atoms with Crippen molar-refractivity contribution in [3.63, 3.8) is 0 Å². The van der Waals surface area contributed by atoms with Crippen LogP contribution in [0.25, 0.3) is 17.2 Å². The van der Waals surface area contributed by atoms with E-state index in [-0.39, 0.29) is 5.91 Å². The van der Waals surface area contributed by atoms with Gasteiger partial charge in [-0.25, -0.2) is 0 Å². The van der Waals surface area contributed by atoms with E-state index < -0.39 is 0 Å². The van der Waals surface area contributed by atoms with Gasteiger partial charge in [-0.15, -0.1) is 11.3 Å². The lowest BCUT2D eigenvalue weighted by atomic mass is 10.0. The minimum Gasteiger partial charge on any atom is -0.333 e. The normalized spacial score (nSPS) is 14.9. The standard InChI is InChI=1S/C18H12ClN3OS/c19-12-6-4-11(5-7-12)14-10-24-18-16(14)17(23)21-15(22-18)9-13-3-1-2-8-20-13/h1-10,22H,(H,21,23)/b15-9-. The van der Waals surface area contributed by atoms with E-state index in [0.717, 1.165) is 21.8 Å². The zero-order valence-corrected chi connectivity index (χ0v) is 14.0. The lowest BCUT2D eigenvalue weighted by Crippen LogP contribution is -2.32. The predicted octanol–water partition coefficient (Wildman–Crippen LogP) is 4.62. The molecule has 1 aromatic carbocycles. The molecule has 0 saturated heterocycles. The number of pyridine rings is 1. The molecule has 6 heteroatoms. The molecule has 0 atom stereocenters. The molecule has 1 amide bonds. The van der Waals surface area contributed by atoms with Crippen LogP contribution in [-0.2, 0) is 0 Å². The smallest absolute Gasteiger partial charge is 0.260 e. The van der Waals surface area contributed by atoms with Crippen molar-refractivity contribution in [2.24, 2.45) is 0 Å². The second kappa shape index (κ2) is 6.11. The average Bonchev–Trinajstić information content (AvgIpc) is 3.01. The Morgan fingerprint density at radius 1 is 1.08 bits per heavy atom. The van der Waals surface area contributed by atoms with Crippen molar-refractivity contribution in [1.82, 2.24) is 10.3 Å². The molecule has 3 aromatic rings. The van der Waals surface area contributed by atoms with Crippen molar-refractivity contribution >= 4 is 39.9 Å². The molecule has 118 valence electrons. The molecule has 0 unspecified atom stereocenters. The molecule has 0 spiro atoms. The summed E-state index contributed by atoms with van der Waals surface area (Å²) in [4.78, 5) is 16.8. The van der Waals surface area contributed by atoms with Crippen LogP contribution in [0.4, 0.5) is 5.00 Å². The third-order valence-electron chi connectivity index (χ3n) is 3.65. The molecule has 0 radical (unpaired) electrons. The van der Waals surface area contributed by atoms with E-state index in [1.54, 1.807) is 6.20 Å². The molecule has 0 aliphatic carbocycles. The Kier molecular flexibility index (Phi) is 3.80. The molecule has 0 saturated carbocycles. The summed E-state index contributed by atoms with van der Waals surface area (Å²) in [7, 11) is 0. The molecule has 0 fully saturated rings. The fraction of sp³-hybridized carbons (Fsp3) is 0. The highest BCUT2D eigenvalue weighted by Gasteiger charge is 2.25. The number of nitrogens with one attached hydrogen (secondary N) is 2. The molecule has 3 heterocycles. The summed E-state index contributed by atoms with van der Waals surface area (Å²) in [6.07, 6.45) is 3.52. The molecule has 2 N–H and O–H groups in total. The van der Waals surface area contributed by atoms with Crippen molar-refractivity contribution in [1.29, 1.82) is 0 Å². The summed E-state index contributed by atoms with van der Waals surface area (Å²) in [5.41, 5.74) is 3.29. The van der Waals surface area contributed by atoms with E-state index in [0.29, 0.717) is 16.4 Å². The topological polar surface area (TPSA) is 54.0 Å². The van der Waals surface area contributed by atoms with Crippen LogP contribution >= 0.6 is 22.9 Å². The maximum absolute atomic E-state index is 12.6. The predicted molar refractivity (Wildman–Crippen MR) is 98.1 cm³/mol. The Morgan fingerprint density at radius 3 is 2.67 bits per heavy atom. The third kappa shape index (κ3) is 2.79. The Bertz CT molecular complexity index is 933. The number of carbonyl (C=O) groups excluding carboxylic acids is 1. The number of aromatic nitrogens is 1. The number of hydrogen-bond donors (Lipinski definition) is 2. The maximum Gasteiger partial charge on any atom is 0.260 e. The van der Waals surface area contributed by atoms with Gasteiger partial charge in [-0.1, -0.05) is 29.8 Å². The average molecular weight is 354 g/mol. The van der Waals surface area contributed by atoms with Gasteiger partial charge in [0.25, 0.3) is 5.91 Å². The van der Waals surface area contributed by atoms with Crippen molar-refractivity contribution in [3.05, 3.63) is 76.1 Å². The zero-order valence-electron chi connectivity index (χ0n) is 12.4. The Labute approximate surface area is 147 Å². The van der Waals surface area contributed by atoms with Gasteiger partial charge in [0.1, 0.15) is 10.8 Å². The first-order valence-electron chi connectivity index (χ1n) is 7.29. The summed E-state index contributed by atoms with van der Waals surface area (Å²) in [5.74, 6) is 0.493. The first-order valence-corrected chi connectivity index (χ1v) is 8.55. The number of amides is 1. The second-order valence-electron chi connectivity index (χ2n) is 5.25. The van der Waals surface area contributed by atoms with Crippen molar-refractivity contribution in [3.8, 4) is 11.1 Å². The Morgan fingerprint density at radius 2 is 1.92 bits per heavy atom. The minimum atomic E-state index is -0.128. The van der Waals surface area contributed by atoms with Gasteiger partial charge in [-0.05, 0) is 29.8 Å². The van der Waals surface area contributed by atoms with Crippen LogP contribution in [0.2, 0.25) is 5.02 Å². The summed E-state index contributed by atoms with van der Waals surface area (Å²) in [6.45, 7) is 0. The molecular formula is C18H12ClN3OS. The quantitative estimate of drug-likeness (QED) is 0.707. The van der Waals surface area contributed by atoms with Crippen LogP contribution in [0, 0.1) is 0 Å². The molecule has 0 bridgehead atoms. The number of fused-ring (bicyclic) bond motifs is 1. The molecule has 4 rings (SSSR count). The van der Waals surface area contributed by atoms with Gasteiger partial charge >= 0.3 is 0 Å². The number of rotatable bonds is 2. The van der Waals surface area contributed by atoms with Crippen LogP contribution in [-0.4, -0.2) is 10.9 Å². The number of nitrogens with zero attached hydrogens (tertiary/aromatic N) is 1. The molecular weight excluding hydrogens is 342 g/mol. The number of hydrogen-bond acceptors (Lipinski definition) is 4. The van der Waals surface area contributed by atoms with Gasteiger partial charge in [0, 0.05) is 28.2 Å². The number of thiophene rings is 1. The highest BCUT2D eigenvalue weighted by atomic mass is 35.5. The maximum atomic E-state index is 12.6. The Hall–Kier alpha value is -2.63. The number of carbonyl (C=O) groups is 1. The third-order valence-corrected chi connectivity index (χ3v) is 4.80. The highest BCUT2D eigenvalue weighted by molar-refractivity contribution is 7.15. The summed E-state index contributed by atoms with van der Waals surface area (Å²) in [6, 6.07) is 13.1. The SMILES string of the molecule is O=C1N/C(=C/c2ccccn2)Nc2scc(-c3ccc(Cl)cc3)c21. The van der Waals surface area contributed by atoms with Crippen LogP contribution in [0.15, 0.2) is 59.9 Å². The molecule has 1 aliphatic heterocycles. The summed E-state index contributed by atoms with van der Waals surface area (Å²) in [5, 5.41) is 9.61. The largest absolute Gasteiger partial charge is 0.333 e. The van der Waals surface area contributed by atoms with Gasteiger partial charge < -0.3 is 10.6 Å². The lowest BCUT2D eigenvalue weighted by Gasteiger charge is -2.19. The number of anilines is 1. The monoisotopic (exact) mass is 353 g/mol. The van der Waals surface area contributed by atoms with Crippen molar-refractivity contribution in [2.75, 3.05) is 5.32 Å². The van der Waals surface area contributed by atoms with E-state index >= 15 is 0 Å². The minimum absolute atomic E-state index is 0.128. The van der Waals surface area contributed by atoms with E-state index in [1.807, 2.05) is 53.9 Å². The van der Waals surface area contributed by atoms with Gasteiger partial charge in [-0.3, -0.25) is 9.78 Å². The molecule has 24 heavy (non-hydrogen) atoms. The first kappa shape index (κ1) is 14.9. The molecule has 2 aromatic heterocycles. The van der Waals surface area contributed by atoms with Gasteiger partial charge in [0.05, 0.1) is 11.3 Å². The van der Waals surface area contributed by atoms with E-state index in [1.165, 1.54) is 11.3 Å². The fourth-order valence-electron chi connectivity index (χ4n) is 2.54. The van der Waals surface area contributed by atoms with E-state index in [2.05, 4.69) is 15.6 Å². The van der Waals surface area contributed by atoms with Crippen molar-refractivity contribution < 1.29 is 4.79 Å².